The minimum atomic E-state index is -0.244. The van der Waals surface area contributed by atoms with Gasteiger partial charge in [-0.05, 0) is 41.8 Å². The molecular formula is C17H20ClFN2O. The van der Waals surface area contributed by atoms with Crippen LogP contribution < -0.4 is 5.73 Å². The van der Waals surface area contributed by atoms with Gasteiger partial charge in [-0.2, -0.15) is 0 Å². The number of nitrogen functional groups attached to an aromatic ring is 1. The molecule has 0 heterocycles. The summed E-state index contributed by atoms with van der Waals surface area (Å²) in [5, 5.41) is 0. The number of carbonyl (C=O) groups excluding carboxylic acids is 1. The van der Waals surface area contributed by atoms with Gasteiger partial charge in [-0.1, -0.05) is 24.3 Å². The molecule has 2 aromatic carbocycles. The van der Waals surface area contributed by atoms with Crippen molar-refractivity contribution in [2.75, 3.05) is 19.3 Å². The Labute approximate surface area is 136 Å². The zero-order valence-corrected chi connectivity index (χ0v) is 13.3. The normalized spacial score (nSPS) is 9.91. The molecule has 0 aliphatic heterocycles. The van der Waals surface area contributed by atoms with Gasteiger partial charge in [-0.25, -0.2) is 4.39 Å². The standard InChI is InChI=1S/C17H19FN2O.ClH/c1-20(11-10-13-2-6-15(18)7-3-13)17(21)12-14-4-8-16(19)9-5-14;/h2-9H,10-12,19H2,1H3;1H. The molecule has 0 unspecified atom stereocenters. The summed E-state index contributed by atoms with van der Waals surface area (Å²) in [6.45, 7) is 0.611. The fourth-order valence-corrected chi connectivity index (χ4v) is 2.02. The van der Waals surface area contributed by atoms with Crippen molar-refractivity contribution in [3.63, 3.8) is 0 Å². The molecule has 0 spiro atoms. The highest BCUT2D eigenvalue weighted by molar-refractivity contribution is 5.85. The Balaban J connectivity index is 0.00000242. The molecule has 2 rings (SSSR count). The van der Waals surface area contributed by atoms with Gasteiger partial charge in [0.15, 0.2) is 0 Å². The second kappa shape index (κ2) is 8.39. The Bertz CT molecular complexity index is 599. The highest BCUT2D eigenvalue weighted by atomic mass is 35.5. The van der Waals surface area contributed by atoms with E-state index in [0.29, 0.717) is 25.1 Å². The van der Waals surface area contributed by atoms with E-state index in [-0.39, 0.29) is 24.1 Å². The van der Waals surface area contributed by atoms with Gasteiger partial charge < -0.3 is 10.6 Å². The number of amides is 1. The van der Waals surface area contributed by atoms with Gasteiger partial charge in [0.2, 0.25) is 5.91 Å². The van der Waals surface area contributed by atoms with Crippen LogP contribution in [0.4, 0.5) is 10.1 Å². The molecule has 0 fully saturated rings. The van der Waals surface area contributed by atoms with Crippen LogP contribution in [0.15, 0.2) is 48.5 Å². The van der Waals surface area contributed by atoms with Crippen LogP contribution >= 0.6 is 12.4 Å². The summed E-state index contributed by atoms with van der Waals surface area (Å²) >= 11 is 0. The van der Waals surface area contributed by atoms with Gasteiger partial charge in [-0.3, -0.25) is 4.79 Å². The molecule has 22 heavy (non-hydrogen) atoms. The van der Waals surface area contributed by atoms with E-state index in [2.05, 4.69) is 0 Å². The van der Waals surface area contributed by atoms with E-state index in [9.17, 15) is 9.18 Å². The fourth-order valence-electron chi connectivity index (χ4n) is 2.02. The zero-order valence-electron chi connectivity index (χ0n) is 12.5. The third-order valence-electron chi connectivity index (χ3n) is 3.41. The van der Waals surface area contributed by atoms with Crippen molar-refractivity contribution in [2.45, 2.75) is 12.8 Å². The number of likely N-dealkylation sites (N-methyl/N-ethyl adjacent to an activating group) is 1. The Kier molecular flexibility index (Phi) is 6.86. The molecule has 5 heteroatoms. The van der Waals surface area contributed by atoms with Crippen molar-refractivity contribution in [1.29, 1.82) is 0 Å². The Morgan fingerprint density at radius 1 is 1.05 bits per heavy atom. The first-order valence-electron chi connectivity index (χ1n) is 6.87. The number of carbonyl (C=O) groups is 1. The first-order valence-corrected chi connectivity index (χ1v) is 6.87. The molecule has 0 radical (unpaired) electrons. The molecule has 0 saturated heterocycles. The smallest absolute Gasteiger partial charge is 0.226 e. The minimum Gasteiger partial charge on any atom is -0.399 e. The number of hydrogen-bond donors (Lipinski definition) is 1. The van der Waals surface area contributed by atoms with Gasteiger partial charge in [0.25, 0.3) is 0 Å². The average Bonchev–Trinajstić information content (AvgIpc) is 2.48. The lowest BCUT2D eigenvalue weighted by Crippen LogP contribution is -2.30. The molecule has 0 atom stereocenters. The summed E-state index contributed by atoms with van der Waals surface area (Å²) < 4.78 is 12.8. The van der Waals surface area contributed by atoms with Gasteiger partial charge in [0, 0.05) is 19.3 Å². The molecule has 0 aromatic heterocycles. The van der Waals surface area contributed by atoms with Crippen molar-refractivity contribution in [1.82, 2.24) is 4.90 Å². The van der Waals surface area contributed by atoms with Gasteiger partial charge >= 0.3 is 0 Å². The lowest BCUT2D eigenvalue weighted by Gasteiger charge is -2.17. The summed E-state index contributed by atoms with van der Waals surface area (Å²) in [4.78, 5) is 13.8. The quantitative estimate of drug-likeness (QED) is 0.860. The number of nitrogens with two attached hydrogens (primary N) is 1. The molecule has 0 aliphatic rings. The third-order valence-corrected chi connectivity index (χ3v) is 3.41. The van der Waals surface area contributed by atoms with E-state index in [1.54, 1.807) is 36.2 Å². The maximum absolute atomic E-state index is 12.8. The summed E-state index contributed by atoms with van der Waals surface area (Å²) in [6, 6.07) is 13.7. The number of halogens is 2. The molecule has 2 N–H and O–H groups in total. The zero-order chi connectivity index (χ0) is 15.2. The van der Waals surface area contributed by atoms with Crippen LogP contribution in [0.1, 0.15) is 11.1 Å². The fraction of sp³-hybridized carbons (Fsp3) is 0.235. The Morgan fingerprint density at radius 2 is 1.59 bits per heavy atom. The summed E-state index contributed by atoms with van der Waals surface area (Å²) in [6.07, 6.45) is 1.07. The lowest BCUT2D eigenvalue weighted by molar-refractivity contribution is -0.129. The van der Waals surface area contributed by atoms with Crippen molar-refractivity contribution in [3.05, 3.63) is 65.5 Å². The van der Waals surface area contributed by atoms with Gasteiger partial charge in [-0.15, -0.1) is 12.4 Å². The predicted molar refractivity (Wildman–Crippen MR) is 89.5 cm³/mol. The minimum absolute atomic E-state index is 0. The topological polar surface area (TPSA) is 46.3 Å². The van der Waals surface area contributed by atoms with Crippen LogP contribution in [0, 0.1) is 5.82 Å². The molecular weight excluding hydrogens is 303 g/mol. The van der Waals surface area contributed by atoms with Crippen molar-refractivity contribution < 1.29 is 9.18 Å². The van der Waals surface area contributed by atoms with Crippen LogP contribution in [0.25, 0.3) is 0 Å². The van der Waals surface area contributed by atoms with E-state index in [4.69, 9.17) is 5.73 Å². The molecule has 0 aliphatic carbocycles. The molecule has 118 valence electrons. The number of benzene rings is 2. The SMILES string of the molecule is CN(CCc1ccc(F)cc1)C(=O)Cc1ccc(N)cc1.Cl. The van der Waals surface area contributed by atoms with E-state index in [1.165, 1.54) is 12.1 Å². The maximum atomic E-state index is 12.8. The van der Waals surface area contributed by atoms with Crippen molar-refractivity contribution in [2.24, 2.45) is 0 Å². The second-order valence-electron chi connectivity index (χ2n) is 5.11. The summed E-state index contributed by atoms with van der Waals surface area (Å²) in [7, 11) is 1.78. The predicted octanol–water partition coefficient (Wildman–Crippen LogP) is 3.07. The van der Waals surface area contributed by atoms with Crippen molar-refractivity contribution in [3.8, 4) is 0 Å². The number of rotatable bonds is 5. The average molecular weight is 323 g/mol. The van der Waals surface area contributed by atoms with Crippen LogP contribution in [0.3, 0.4) is 0 Å². The number of nitrogens with zero attached hydrogens (tertiary/aromatic N) is 1. The maximum Gasteiger partial charge on any atom is 0.226 e. The first-order chi connectivity index (χ1) is 10.0. The molecule has 1 amide bonds. The monoisotopic (exact) mass is 322 g/mol. The summed E-state index contributed by atoms with van der Waals surface area (Å²) in [5.74, 6) is -0.187. The molecule has 0 bridgehead atoms. The first kappa shape index (κ1) is 18.0. The van der Waals surface area contributed by atoms with Gasteiger partial charge in [0.1, 0.15) is 5.82 Å². The van der Waals surface area contributed by atoms with Crippen LogP contribution in [0.2, 0.25) is 0 Å². The second-order valence-corrected chi connectivity index (χ2v) is 5.11. The van der Waals surface area contributed by atoms with Crippen LogP contribution in [-0.2, 0) is 17.6 Å². The Hall–Kier alpha value is -2.07. The van der Waals surface area contributed by atoms with Crippen LogP contribution in [0.5, 0.6) is 0 Å². The highest BCUT2D eigenvalue weighted by Crippen LogP contribution is 2.08. The third kappa shape index (κ3) is 5.37. The number of anilines is 1. The van der Waals surface area contributed by atoms with E-state index in [1.807, 2.05) is 12.1 Å². The Morgan fingerprint density at radius 3 is 2.18 bits per heavy atom. The van der Waals surface area contributed by atoms with Gasteiger partial charge in [0.05, 0.1) is 6.42 Å². The summed E-state index contributed by atoms with van der Waals surface area (Å²) in [5.41, 5.74) is 8.27. The molecule has 3 nitrogen and oxygen atoms in total. The van der Waals surface area contributed by atoms with E-state index in [0.717, 1.165) is 11.1 Å². The van der Waals surface area contributed by atoms with E-state index < -0.39 is 0 Å². The molecule has 0 saturated carbocycles. The number of hydrogen-bond acceptors (Lipinski definition) is 2. The van der Waals surface area contributed by atoms with Crippen LogP contribution in [-0.4, -0.2) is 24.4 Å². The highest BCUT2D eigenvalue weighted by Gasteiger charge is 2.09. The molecule has 2 aromatic rings. The van der Waals surface area contributed by atoms with Crippen molar-refractivity contribution >= 4 is 24.0 Å². The largest absolute Gasteiger partial charge is 0.399 e. The lowest BCUT2D eigenvalue weighted by atomic mass is 10.1. The van der Waals surface area contributed by atoms with E-state index >= 15 is 0 Å².